The predicted molar refractivity (Wildman–Crippen MR) is 113 cm³/mol. The van der Waals surface area contributed by atoms with Gasteiger partial charge in [-0.2, -0.15) is 13.2 Å². The van der Waals surface area contributed by atoms with Crippen molar-refractivity contribution < 1.29 is 17.9 Å². The predicted octanol–water partition coefficient (Wildman–Crippen LogP) is 7.12. The summed E-state index contributed by atoms with van der Waals surface area (Å²) in [6, 6.07) is 12.7. The maximum atomic E-state index is 12.9. The van der Waals surface area contributed by atoms with Gasteiger partial charge in [0, 0.05) is 11.6 Å². The third kappa shape index (κ3) is 4.79. The average Bonchev–Trinajstić information content (AvgIpc) is 2.76. The highest BCUT2D eigenvalue weighted by Crippen LogP contribution is 2.30. The molecule has 0 N–H and O–H groups in total. The van der Waals surface area contributed by atoms with Gasteiger partial charge in [0.05, 0.1) is 11.3 Å². The summed E-state index contributed by atoms with van der Waals surface area (Å²) < 4.78 is 44.3. The first-order valence-electron chi connectivity index (χ1n) is 9.71. The van der Waals surface area contributed by atoms with Crippen LogP contribution in [0.5, 0.6) is 5.75 Å². The van der Waals surface area contributed by atoms with Crippen LogP contribution in [-0.2, 0) is 12.8 Å². The van der Waals surface area contributed by atoms with Crippen LogP contribution in [0.4, 0.5) is 13.2 Å². The Morgan fingerprint density at radius 2 is 1.90 bits per heavy atom. The fourth-order valence-electron chi connectivity index (χ4n) is 3.34. The molecule has 0 radical (unpaired) electrons. The molecule has 0 aliphatic heterocycles. The highest BCUT2D eigenvalue weighted by molar-refractivity contribution is 5.90. The molecule has 0 saturated carbocycles. The van der Waals surface area contributed by atoms with Crippen LogP contribution in [0.1, 0.15) is 29.7 Å². The summed E-state index contributed by atoms with van der Waals surface area (Å²) in [5.74, 6) is 0.596. The molecule has 0 unspecified atom stereocenters. The second-order valence-corrected chi connectivity index (χ2v) is 7.08. The normalized spacial score (nSPS) is 14.3. The van der Waals surface area contributed by atoms with E-state index in [-0.39, 0.29) is 6.61 Å². The molecular formula is C25H20F3NO. The van der Waals surface area contributed by atoms with Gasteiger partial charge >= 0.3 is 6.18 Å². The monoisotopic (exact) mass is 407 g/mol. The summed E-state index contributed by atoms with van der Waals surface area (Å²) in [7, 11) is 0. The highest BCUT2D eigenvalue weighted by atomic mass is 19.4. The van der Waals surface area contributed by atoms with E-state index in [9.17, 15) is 13.2 Å². The summed E-state index contributed by atoms with van der Waals surface area (Å²) in [6.45, 7) is 0.0633. The molecule has 30 heavy (non-hydrogen) atoms. The Hall–Kier alpha value is -3.34. The third-order valence-electron chi connectivity index (χ3n) is 4.88. The molecular weight excluding hydrogens is 387 g/mol. The summed E-state index contributed by atoms with van der Waals surface area (Å²) in [4.78, 5) is 4.46. The molecule has 0 bridgehead atoms. The van der Waals surface area contributed by atoms with Gasteiger partial charge in [-0.1, -0.05) is 36.4 Å². The summed E-state index contributed by atoms with van der Waals surface area (Å²) >= 11 is 0. The number of benzene rings is 2. The van der Waals surface area contributed by atoms with Gasteiger partial charge in [0.15, 0.2) is 0 Å². The SMILES string of the molecule is FC(F)(F)c1cccc(COc2ccc3c(C=CC4=CCCC=C4)nccc3c2)c1. The molecule has 5 heteroatoms. The number of halogens is 3. The van der Waals surface area contributed by atoms with E-state index in [1.165, 1.54) is 11.6 Å². The van der Waals surface area contributed by atoms with Gasteiger partial charge < -0.3 is 4.74 Å². The van der Waals surface area contributed by atoms with E-state index in [2.05, 4.69) is 29.3 Å². The lowest BCUT2D eigenvalue weighted by molar-refractivity contribution is -0.137. The van der Waals surface area contributed by atoms with Crippen LogP contribution in [0.2, 0.25) is 0 Å². The number of fused-ring (bicyclic) bond motifs is 1. The van der Waals surface area contributed by atoms with Crippen molar-refractivity contribution in [2.75, 3.05) is 0 Å². The molecule has 1 aromatic heterocycles. The van der Waals surface area contributed by atoms with Crippen molar-refractivity contribution in [2.24, 2.45) is 0 Å². The van der Waals surface area contributed by atoms with Crippen molar-refractivity contribution in [3.05, 3.63) is 101 Å². The number of rotatable bonds is 5. The van der Waals surface area contributed by atoms with E-state index >= 15 is 0 Å². The fourth-order valence-corrected chi connectivity index (χ4v) is 3.34. The number of alkyl halides is 3. The quantitative estimate of drug-likeness (QED) is 0.449. The standard InChI is InChI=1S/C25H20F3NO/c26-25(27,28)21-8-4-7-19(15-21)17-30-22-10-11-23-20(16-22)13-14-29-24(23)12-9-18-5-2-1-3-6-18/h2,4-16H,1,3,17H2. The third-order valence-corrected chi connectivity index (χ3v) is 4.88. The number of hydrogen-bond acceptors (Lipinski definition) is 2. The van der Waals surface area contributed by atoms with Gasteiger partial charge in [0.2, 0.25) is 0 Å². The van der Waals surface area contributed by atoms with E-state index in [4.69, 9.17) is 4.74 Å². The lowest BCUT2D eigenvalue weighted by Gasteiger charge is -2.11. The van der Waals surface area contributed by atoms with Gasteiger partial charge in [0.1, 0.15) is 12.4 Å². The minimum absolute atomic E-state index is 0.0633. The van der Waals surface area contributed by atoms with Gasteiger partial charge in [0.25, 0.3) is 0 Å². The molecule has 1 aliphatic rings. The van der Waals surface area contributed by atoms with Gasteiger partial charge in [-0.25, -0.2) is 0 Å². The summed E-state index contributed by atoms with van der Waals surface area (Å²) in [5.41, 5.74) is 1.82. The van der Waals surface area contributed by atoms with Crippen molar-refractivity contribution >= 4 is 16.8 Å². The van der Waals surface area contributed by atoms with Crippen molar-refractivity contribution in [1.29, 1.82) is 0 Å². The number of ether oxygens (including phenoxy) is 1. The van der Waals surface area contributed by atoms with Crippen LogP contribution < -0.4 is 4.74 Å². The first-order chi connectivity index (χ1) is 14.5. The van der Waals surface area contributed by atoms with Crippen LogP contribution in [0.25, 0.3) is 16.8 Å². The van der Waals surface area contributed by atoms with Crippen LogP contribution in [0.3, 0.4) is 0 Å². The topological polar surface area (TPSA) is 22.1 Å². The minimum atomic E-state index is -4.36. The number of hydrogen-bond donors (Lipinski definition) is 0. The van der Waals surface area contributed by atoms with Crippen molar-refractivity contribution in [3.8, 4) is 5.75 Å². The first kappa shape index (κ1) is 20.0. The lowest BCUT2D eigenvalue weighted by Crippen LogP contribution is -2.06. The van der Waals surface area contributed by atoms with Crippen LogP contribution in [0.15, 0.2) is 84.6 Å². The van der Waals surface area contributed by atoms with E-state index < -0.39 is 11.7 Å². The van der Waals surface area contributed by atoms with E-state index in [1.54, 1.807) is 12.3 Å². The number of pyridine rings is 1. The molecule has 152 valence electrons. The second-order valence-electron chi connectivity index (χ2n) is 7.08. The van der Waals surface area contributed by atoms with E-state index in [0.29, 0.717) is 11.3 Å². The Balaban J connectivity index is 1.51. The van der Waals surface area contributed by atoms with Gasteiger partial charge in [-0.05, 0) is 71.8 Å². The zero-order chi connectivity index (χ0) is 21.0. The Labute approximate surface area is 173 Å². The summed E-state index contributed by atoms with van der Waals surface area (Å²) in [6.07, 6.45) is 10.0. The average molecular weight is 407 g/mol. The van der Waals surface area contributed by atoms with E-state index in [0.717, 1.165) is 41.4 Å². The maximum Gasteiger partial charge on any atom is 0.416 e. The zero-order valence-electron chi connectivity index (χ0n) is 16.2. The van der Waals surface area contributed by atoms with Crippen molar-refractivity contribution in [2.45, 2.75) is 25.6 Å². The Morgan fingerprint density at radius 3 is 2.70 bits per heavy atom. The molecule has 0 saturated heterocycles. The molecule has 3 aromatic rings. The second kappa shape index (κ2) is 8.57. The number of allylic oxidation sites excluding steroid dienone is 5. The van der Waals surface area contributed by atoms with Gasteiger partial charge in [-0.3, -0.25) is 4.98 Å². The van der Waals surface area contributed by atoms with Crippen LogP contribution in [-0.4, -0.2) is 4.98 Å². The van der Waals surface area contributed by atoms with Gasteiger partial charge in [-0.15, -0.1) is 0 Å². The zero-order valence-corrected chi connectivity index (χ0v) is 16.2. The smallest absolute Gasteiger partial charge is 0.416 e. The van der Waals surface area contributed by atoms with E-state index in [1.807, 2.05) is 30.3 Å². The molecule has 1 aliphatic carbocycles. The molecule has 2 nitrogen and oxygen atoms in total. The first-order valence-corrected chi connectivity index (χ1v) is 9.71. The summed E-state index contributed by atoms with van der Waals surface area (Å²) in [5, 5.41) is 1.94. The molecule has 0 fully saturated rings. The molecule has 4 rings (SSSR count). The Bertz CT molecular complexity index is 1140. The Kier molecular flexibility index (Phi) is 5.70. The lowest BCUT2D eigenvalue weighted by atomic mass is 10.0. The number of nitrogens with zero attached hydrogens (tertiary/aromatic N) is 1. The van der Waals surface area contributed by atoms with Crippen LogP contribution in [0, 0.1) is 0 Å². The van der Waals surface area contributed by atoms with Crippen molar-refractivity contribution in [3.63, 3.8) is 0 Å². The largest absolute Gasteiger partial charge is 0.489 e. The molecule has 0 amide bonds. The van der Waals surface area contributed by atoms with Crippen LogP contribution >= 0.6 is 0 Å². The minimum Gasteiger partial charge on any atom is -0.489 e. The number of aromatic nitrogens is 1. The fraction of sp³-hybridized carbons (Fsp3) is 0.160. The molecule has 1 heterocycles. The molecule has 2 aromatic carbocycles. The molecule has 0 spiro atoms. The Morgan fingerprint density at radius 1 is 1.00 bits per heavy atom. The highest BCUT2D eigenvalue weighted by Gasteiger charge is 2.30. The van der Waals surface area contributed by atoms with Crippen molar-refractivity contribution in [1.82, 2.24) is 4.98 Å². The molecule has 0 atom stereocenters. The maximum absolute atomic E-state index is 12.9.